The van der Waals surface area contributed by atoms with Gasteiger partial charge in [-0.25, -0.2) is 9.97 Å². The quantitative estimate of drug-likeness (QED) is 0.882. The van der Waals surface area contributed by atoms with Crippen LogP contribution in [0, 0.1) is 6.92 Å². The topological polar surface area (TPSA) is 37.8 Å². The second-order valence-electron chi connectivity index (χ2n) is 3.42. The van der Waals surface area contributed by atoms with E-state index < -0.39 is 0 Å². The van der Waals surface area contributed by atoms with Gasteiger partial charge in [0.15, 0.2) is 0 Å². The molecule has 0 unspecified atom stereocenters. The van der Waals surface area contributed by atoms with Crippen molar-refractivity contribution in [1.82, 2.24) is 15.3 Å². The molecular weight excluding hydrogens is 286 g/mol. The van der Waals surface area contributed by atoms with Crippen LogP contribution < -0.4 is 5.32 Å². The van der Waals surface area contributed by atoms with Gasteiger partial charge in [-0.2, -0.15) is 0 Å². The number of nitrogens with zero attached hydrogens (tertiary/aromatic N) is 2. The Hall–Kier alpha value is -0.780. The van der Waals surface area contributed by atoms with Crippen molar-refractivity contribution in [2.45, 2.75) is 20.0 Å². The molecule has 0 spiro atoms. The fourth-order valence-electron chi connectivity index (χ4n) is 1.33. The monoisotopic (exact) mass is 297 g/mol. The van der Waals surface area contributed by atoms with Gasteiger partial charge in [0.05, 0.1) is 5.69 Å². The first-order valence-corrected chi connectivity index (χ1v) is 6.58. The summed E-state index contributed by atoms with van der Waals surface area (Å²) in [5.41, 5.74) is 1.03. The predicted octanol–water partition coefficient (Wildman–Crippen LogP) is 2.90. The van der Waals surface area contributed by atoms with Crippen LogP contribution in [0.4, 0.5) is 0 Å². The van der Waals surface area contributed by atoms with Gasteiger partial charge in [0.1, 0.15) is 9.61 Å². The molecule has 0 saturated carbocycles. The van der Waals surface area contributed by atoms with Crippen LogP contribution in [0.15, 0.2) is 29.0 Å². The van der Waals surface area contributed by atoms with Crippen molar-refractivity contribution in [2.75, 3.05) is 0 Å². The summed E-state index contributed by atoms with van der Waals surface area (Å²) in [6.45, 7) is 3.63. The molecule has 0 amide bonds. The third-order valence-corrected chi connectivity index (χ3v) is 3.38. The van der Waals surface area contributed by atoms with Gasteiger partial charge < -0.3 is 5.32 Å². The minimum Gasteiger partial charge on any atom is -0.305 e. The van der Waals surface area contributed by atoms with E-state index in [9.17, 15) is 0 Å². The molecule has 0 aliphatic rings. The second kappa shape index (κ2) is 5.52. The Labute approximate surface area is 107 Å². The van der Waals surface area contributed by atoms with E-state index in [1.165, 1.54) is 4.88 Å². The molecule has 0 atom stereocenters. The zero-order valence-electron chi connectivity index (χ0n) is 8.90. The largest absolute Gasteiger partial charge is 0.305 e. The van der Waals surface area contributed by atoms with Crippen molar-refractivity contribution >= 4 is 27.3 Å². The van der Waals surface area contributed by atoms with Gasteiger partial charge >= 0.3 is 0 Å². The maximum Gasteiger partial charge on any atom is 0.107 e. The molecule has 5 heteroatoms. The number of aromatic nitrogens is 2. The van der Waals surface area contributed by atoms with Crippen LogP contribution in [-0.4, -0.2) is 9.97 Å². The number of halogens is 1. The van der Waals surface area contributed by atoms with Gasteiger partial charge in [0.2, 0.25) is 0 Å². The normalized spacial score (nSPS) is 10.6. The summed E-state index contributed by atoms with van der Waals surface area (Å²) >= 11 is 5.08. The summed E-state index contributed by atoms with van der Waals surface area (Å²) in [6, 6.07) is 5.92. The van der Waals surface area contributed by atoms with E-state index in [-0.39, 0.29) is 0 Å². The third kappa shape index (κ3) is 3.37. The maximum atomic E-state index is 4.35. The van der Waals surface area contributed by atoms with E-state index in [4.69, 9.17) is 0 Å². The molecule has 0 bridgehead atoms. The van der Waals surface area contributed by atoms with E-state index in [0.717, 1.165) is 28.4 Å². The standard InChI is InChI=1S/C11H12BrN3S/c1-8-5-14-11(16-8)7-13-6-9-3-2-4-10(12)15-9/h2-5,13H,6-7H2,1H3. The Morgan fingerprint density at radius 2 is 2.25 bits per heavy atom. The highest BCUT2D eigenvalue weighted by Crippen LogP contribution is 2.11. The summed E-state index contributed by atoms with van der Waals surface area (Å²) < 4.78 is 0.872. The van der Waals surface area contributed by atoms with E-state index in [2.05, 4.69) is 38.1 Å². The van der Waals surface area contributed by atoms with Crippen molar-refractivity contribution < 1.29 is 0 Å². The number of hydrogen-bond donors (Lipinski definition) is 1. The van der Waals surface area contributed by atoms with Crippen LogP contribution in [0.5, 0.6) is 0 Å². The first-order valence-electron chi connectivity index (χ1n) is 4.97. The Morgan fingerprint density at radius 3 is 2.94 bits per heavy atom. The molecule has 0 fully saturated rings. The lowest BCUT2D eigenvalue weighted by Gasteiger charge is -2.02. The average molecular weight is 298 g/mol. The molecule has 2 aromatic rings. The van der Waals surface area contributed by atoms with Gasteiger partial charge in [-0.3, -0.25) is 0 Å². The summed E-state index contributed by atoms with van der Waals surface area (Å²) in [7, 11) is 0. The SMILES string of the molecule is Cc1cnc(CNCc2cccc(Br)n2)s1. The minimum atomic E-state index is 0.762. The molecular formula is C11H12BrN3S. The highest BCUT2D eigenvalue weighted by molar-refractivity contribution is 9.10. The van der Waals surface area contributed by atoms with Crippen LogP contribution in [0.1, 0.15) is 15.6 Å². The van der Waals surface area contributed by atoms with Crippen LogP contribution in [0.3, 0.4) is 0 Å². The zero-order valence-corrected chi connectivity index (χ0v) is 11.3. The van der Waals surface area contributed by atoms with Crippen molar-refractivity contribution in [3.8, 4) is 0 Å². The molecule has 2 heterocycles. The van der Waals surface area contributed by atoms with E-state index in [1.54, 1.807) is 11.3 Å². The van der Waals surface area contributed by atoms with E-state index in [1.807, 2.05) is 24.4 Å². The van der Waals surface area contributed by atoms with Crippen molar-refractivity contribution in [3.63, 3.8) is 0 Å². The first-order chi connectivity index (χ1) is 7.74. The third-order valence-electron chi connectivity index (χ3n) is 2.02. The predicted molar refractivity (Wildman–Crippen MR) is 69.3 cm³/mol. The molecule has 1 N–H and O–H groups in total. The van der Waals surface area contributed by atoms with E-state index in [0.29, 0.717) is 0 Å². The second-order valence-corrected chi connectivity index (χ2v) is 5.55. The summed E-state index contributed by atoms with van der Waals surface area (Å²) in [6.07, 6.45) is 1.90. The van der Waals surface area contributed by atoms with Gasteiger partial charge in [-0.1, -0.05) is 6.07 Å². The Morgan fingerprint density at radius 1 is 1.38 bits per heavy atom. The molecule has 84 valence electrons. The van der Waals surface area contributed by atoms with Crippen LogP contribution in [0.2, 0.25) is 0 Å². The molecule has 0 aliphatic carbocycles. The molecule has 16 heavy (non-hydrogen) atoms. The van der Waals surface area contributed by atoms with Crippen LogP contribution in [0.25, 0.3) is 0 Å². The van der Waals surface area contributed by atoms with Crippen LogP contribution >= 0.6 is 27.3 Å². The van der Waals surface area contributed by atoms with Crippen LogP contribution in [-0.2, 0) is 13.1 Å². The van der Waals surface area contributed by atoms with Gasteiger partial charge in [0, 0.05) is 24.2 Å². The van der Waals surface area contributed by atoms with Gasteiger partial charge in [0.25, 0.3) is 0 Å². The molecule has 2 aromatic heterocycles. The summed E-state index contributed by atoms with van der Waals surface area (Å²) in [4.78, 5) is 9.89. The number of nitrogens with one attached hydrogen (secondary N) is 1. The van der Waals surface area contributed by atoms with Crippen molar-refractivity contribution in [3.05, 3.63) is 44.6 Å². The Balaban J connectivity index is 1.84. The number of rotatable bonds is 4. The zero-order chi connectivity index (χ0) is 11.4. The van der Waals surface area contributed by atoms with Gasteiger partial charge in [-0.05, 0) is 35.0 Å². The highest BCUT2D eigenvalue weighted by Gasteiger charge is 1.99. The smallest absolute Gasteiger partial charge is 0.107 e. The fourth-order valence-corrected chi connectivity index (χ4v) is 2.47. The lowest BCUT2D eigenvalue weighted by atomic mass is 10.3. The van der Waals surface area contributed by atoms with Crippen molar-refractivity contribution in [1.29, 1.82) is 0 Å². The lowest BCUT2D eigenvalue weighted by molar-refractivity contribution is 0.675. The number of pyridine rings is 1. The maximum absolute atomic E-state index is 4.35. The molecule has 0 radical (unpaired) electrons. The fraction of sp³-hybridized carbons (Fsp3) is 0.273. The first kappa shape index (κ1) is 11.7. The minimum absolute atomic E-state index is 0.762. The van der Waals surface area contributed by atoms with Crippen molar-refractivity contribution in [2.24, 2.45) is 0 Å². The summed E-state index contributed by atoms with van der Waals surface area (Å²) in [5.74, 6) is 0. The summed E-state index contributed by atoms with van der Waals surface area (Å²) in [5, 5.41) is 4.44. The molecule has 3 nitrogen and oxygen atoms in total. The number of hydrogen-bond acceptors (Lipinski definition) is 4. The molecule has 0 aromatic carbocycles. The molecule has 2 rings (SSSR count). The van der Waals surface area contributed by atoms with E-state index >= 15 is 0 Å². The average Bonchev–Trinajstić information content (AvgIpc) is 2.64. The highest BCUT2D eigenvalue weighted by atomic mass is 79.9. The number of thiazole rings is 1. The van der Waals surface area contributed by atoms with Gasteiger partial charge in [-0.15, -0.1) is 11.3 Å². The molecule has 0 aliphatic heterocycles. The lowest BCUT2D eigenvalue weighted by Crippen LogP contribution is -2.13. The molecule has 0 saturated heterocycles. The Kier molecular flexibility index (Phi) is 4.04. The number of aryl methyl sites for hydroxylation is 1. The Bertz CT molecular complexity index is 470.